The summed E-state index contributed by atoms with van der Waals surface area (Å²) >= 11 is 0. The Hall–Kier alpha value is -3.79. The van der Waals surface area contributed by atoms with E-state index in [1.54, 1.807) is 31.8 Å². The summed E-state index contributed by atoms with van der Waals surface area (Å²) < 4.78 is 12.7. The smallest absolute Gasteiger partial charge is 0.287 e. The van der Waals surface area contributed by atoms with Gasteiger partial charge in [-0.3, -0.25) is 9.36 Å². The second kappa shape index (κ2) is 8.48. The fourth-order valence-electron chi connectivity index (χ4n) is 3.02. The highest BCUT2D eigenvalue weighted by molar-refractivity contribution is 5.91. The Morgan fingerprint density at radius 1 is 1.10 bits per heavy atom. The zero-order valence-corrected chi connectivity index (χ0v) is 16.8. The Morgan fingerprint density at radius 2 is 1.79 bits per heavy atom. The van der Waals surface area contributed by atoms with Crippen LogP contribution in [-0.4, -0.2) is 34.9 Å². The molecule has 0 aliphatic rings. The zero-order chi connectivity index (χ0) is 21.0. The second-order valence-corrected chi connectivity index (χ2v) is 6.35. The van der Waals surface area contributed by atoms with Gasteiger partial charge >= 0.3 is 0 Å². The van der Waals surface area contributed by atoms with Gasteiger partial charge in [0.25, 0.3) is 5.91 Å². The molecule has 0 atom stereocenters. The van der Waals surface area contributed by atoms with Crippen molar-refractivity contribution in [1.29, 1.82) is 0 Å². The van der Waals surface area contributed by atoms with Crippen molar-refractivity contribution in [3.63, 3.8) is 0 Å². The van der Waals surface area contributed by atoms with E-state index in [1.165, 1.54) is 0 Å². The predicted octanol–water partition coefficient (Wildman–Crippen LogP) is 2.92. The average molecular weight is 390 g/mol. The van der Waals surface area contributed by atoms with Crippen LogP contribution in [0.15, 0.2) is 36.4 Å². The molecule has 2 aromatic carbocycles. The molecule has 148 valence electrons. The van der Waals surface area contributed by atoms with Crippen LogP contribution in [-0.2, 0) is 6.42 Å². The Morgan fingerprint density at radius 3 is 2.38 bits per heavy atom. The van der Waals surface area contributed by atoms with Crippen LogP contribution < -0.4 is 15.2 Å². The van der Waals surface area contributed by atoms with Gasteiger partial charge in [0, 0.05) is 23.7 Å². The molecule has 7 heteroatoms. The minimum Gasteiger partial charge on any atom is -0.496 e. The molecular weight excluding hydrogens is 368 g/mol. The van der Waals surface area contributed by atoms with Gasteiger partial charge in [0.05, 0.1) is 19.8 Å². The first kappa shape index (κ1) is 20.0. The Labute approximate surface area is 169 Å². The van der Waals surface area contributed by atoms with Crippen LogP contribution in [0.5, 0.6) is 11.5 Å². The molecule has 29 heavy (non-hydrogen) atoms. The van der Waals surface area contributed by atoms with Gasteiger partial charge in [-0.15, -0.1) is 16.1 Å². The van der Waals surface area contributed by atoms with Gasteiger partial charge in [0.2, 0.25) is 5.82 Å². The highest BCUT2D eigenvalue weighted by Crippen LogP contribution is 2.36. The lowest BCUT2D eigenvalue weighted by molar-refractivity contribution is 0.0988. The first-order valence-electron chi connectivity index (χ1n) is 8.97. The molecule has 1 amide bonds. The first-order chi connectivity index (χ1) is 14.0. The van der Waals surface area contributed by atoms with Gasteiger partial charge in [-0.1, -0.05) is 23.6 Å². The minimum absolute atomic E-state index is 0.0385. The number of primary amides is 1. The molecular formula is C22H22N4O3. The summed E-state index contributed by atoms with van der Waals surface area (Å²) in [6.45, 7) is 3.77. The Bertz CT molecular complexity index is 1110. The summed E-state index contributed by atoms with van der Waals surface area (Å²) in [5, 5.41) is 8.27. The Balaban J connectivity index is 2.28. The molecule has 1 heterocycles. The van der Waals surface area contributed by atoms with E-state index in [4.69, 9.17) is 15.2 Å². The van der Waals surface area contributed by atoms with E-state index in [2.05, 4.69) is 22.0 Å². The summed E-state index contributed by atoms with van der Waals surface area (Å²) in [5.41, 5.74) is 8.89. The van der Waals surface area contributed by atoms with Gasteiger partial charge in [-0.25, -0.2) is 0 Å². The van der Waals surface area contributed by atoms with Crippen LogP contribution in [0.25, 0.3) is 17.1 Å². The molecule has 3 aromatic rings. The van der Waals surface area contributed by atoms with Gasteiger partial charge in [-0.2, -0.15) is 0 Å². The van der Waals surface area contributed by atoms with Crippen molar-refractivity contribution in [3.05, 3.63) is 53.3 Å². The summed E-state index contributed by atoms with van der Waals surface area (Å²) in [6.07, 6.45) is 0.498. The second-order valence-electron chi connectivity index (χ2n) is 6.35. The Kier molecular flexibility index (Phi) is 5.84. The third kappa shape index (κ3) is 3.92. The van der Waals surface area contributed by atoms with Crippen molar-refractivity contribution in [2.45, 2.75) is 20.3 Å². The summed E-state index contributed by atoms with van der Waals surface area (Å²) in [4.78, 5) is 12.0. The fourth-order valence-corrected chi connectivity index (χ4v) is 3.02. The maximum Gasteiger partial charge on any atom is 0.287 e. The summed E-state index contributed by atoms with van der Waals surface area (Å²) in [5.74, 6) is 6.92. The van der Waals surface area contributed by atoms with Crippen molar-refractivity contribution in [1.82, 2.24) is 14.8 Å². The largest absolute Gasteiger partial charge is 0.496 e. The number of hydrogen-bond donors (Lipinski definition) is 1. The number of carbonyl (C=O) groups is 1. The predicted molar refractivity (Wildman–Crippen MR) is 110 cm³/mol. The van der Waals surface area contributed by atoms with E-state index >= 15 is 0 Å². The van der Waals surface area contributed by atoms with E-state index < -0.39 is 5.91 Å². The number of methoxy groups -OCH3 is 2. The summed E-state index contributed by atoms with van der Waals surface area (Å²) in [7, 11) is 3.16. The number of nitrogens with two attached hydrogens (primary N) is 1. The van der Waals surface area contributed by atoms with Gasteiger partial charge in [0.1, 0.15) is 11.5 Å². The van der Waals surface area contributed by atoms with Crippen molar-refractivity contribution in [3.8, 4) is 40.4 Å². The standard InChI is InChI=1S/C22H22N4O3/c1-5-6-7-15-12-17(19(29-4)13-18(15)28-3)21-24-25-22(20(23)27)26(21)16-10-8-14(2)9-11-16/h8-13H,7H2,1-4H3,(H2,23,27). The molecule has 0 unspecified atom stereocenters. The molecule has 2 N–H and O–H groups in total. The first-order valence-corrected chi connectivity index (χ1v) is 8.97. The van der Waals surface area contributed by atoms with Crippen LogP contribution in [0, 0.1) is 18.8 Å². The van der Waals surface area contributed by atoms with Crippen molar-refractivity contribution in [2.75, 3.05) is 14.2 Å². The third-order valence-corrected chi connectivity index (χ3v) is 4.47. The quantitative estimate of drug-likeness (QED) is 0.654. The molecule has 0 fully saturated rings. The average Bonchev–Trinajstić information content (AvgIpc) is 3.17. The van der Waals surface area contributed by atoms with Crippen molar-refractivity contribution in [2.24, 2.45) is 5.73 Å². The van der Waals surface area contributed by atoms with Gasteiger partial charge in [0.15, 0.2) is 5.82 Å². The minimum atomic E-state index is -0.672. The lowest BCUT2D eigenvalue weighted by atomic mass is 10.0. The number of hydrogen-bond acceptors (Lipinski definition) is 5. The molecule has 0 bridgehead atoms. The number of rotatable bonds is 6. The van der Waals surface area contributed by atoms with Crippen molar-refractivity contribution >= 4 is 5.91 Å². The highest BCUT2D eigenvalue weighted by Gasteiger charge is 2.23. The number of aryl methyl sites for hydroxylation is 1. The summed E-state index contributed by atoms with van der Waals surface area (Å²) in [6, 6.07) is 11.3. The van der Waals surface area contributed by atoms with Gasteiger partial charge in [-0.05, 0) is 32.0 Å². The maximum atomic E-state index is 12.0. The lowest BCUT2D eigenvalue weighted by Gasteiger charge is -2.15. The van der Waals surface area contributed by atoms with E-state index in [1.807, 2.05) is 37.3 Å². The van der Waals surface area contributed by atoms with Crippen LogP contribution in [0.4, 0.5) is 0 Å². The number of benzene rings is 2. The molecule has 7 nitrogen and oxygen atoms in total. The van der Waals surface area contributed by atoms with E-state index in [0.29, 0.717) is 29.3 Å². The number of ether oxygens (including phenoxy) is 2. The highest BCUT2D eigenvalue weighted by atomic mass is 16.5. The van der Waals surface area contributed by atoms with E-state index in [9.17, 15) is 4.79 Å². The van der Waals surface area contributed by atoms with Crippen molar-refractivity contribution < 1.29 is 14.3 Å². The third-order valence-electron chi connectivity index (χ3n) is 4.47. The van der Waals surface area contributed by atoms with Crippen LogP contribution in [0.1, 0.15) is 28.7 Å². The maximum absolute atomic E-state index is 12.0. The zero-order valence-electron chi connectivity index (χ0n) is 16.8. The molecule has 0 aliphatic heterocycles. The van der Waals surface area contributed by atoms with E-state index in [0.717, 1.165) is 16.8 Å². The number of carbonyl (C=O) groups excluding carboxylic acids is 1. The molecule has 3 rings (SSSR count). The van der Waals surface area contributed by atoms with Crippen LogP contribution in [0.2, 0.25) is 0 Å². The number of nitrogens with zero attached hydrogens (tertiary/aromatic N) is 3. The molecule has 0 saturated heterocycles. The number of amides is 1. The topological polar surface area (TPSA) is 92.3 Å². The molecule has 0 spiro atoms. The van der Waals surface area contributed by atoms with E-state index in [-0.39, 0.29) is 5.82 Å². The lowest BCUT2D eigenvalue weighted by Crippen LogP contribution is -2.18. The molecule has 1 aromatic heterocycles. The molecule has 0 aliphatic carbocycles. The normalized spacial score (nSPS) is 10.2. The van der Waals surface area contributed by atoms with Crippen LogP contribution >= 0.6 is 0 Å². The monoisotopic (exact) mass is 390 g/mol. The van der Waals surface area contributed by atoms with Crippen LogP contribution in [0.3, 0.4) is 0 Å². The fraction of sp³-hybridized carbons (Fsp3) is 0.227. The molecule has 0 saturated carbocycles. The van der Waals surface area contributed by atoms with Gasteiger partial charge < -0.3 is 15.2 Å². The molecule has 0 radical (unpaired) electrons. The number of aromatic nitrogens is 3. The SMILES string of the molecule is CC#CCc1cc(-c2nnc(C(N)=O)n2-c2ccc(C)cc2)c(OC)cc1OC.